The lowest BCUT2D eigenvalue weighted by Gasteiger charge is -2.45. The average molecular weight is 440 g/mol. The number of aliphatic imine (C=N–C) groups is 1. The van der Waals surface area contributed by atoms with Gasteiger partial charge in [0.05, 0.1) is 6.61 Å². The standard InChI is InChI=1S/C17H36N4O.HI/c1-13-8-14(2)10-21(9-13)17(4,5)12-19-16(18-6)20-15(3)11-22-7;/h13-15H,8-12H2,1-7H3,(H2,18,19,20);1H. The van der Waals surface area contributed by atoms with Crippen LogP contribution in [-0.2, 0) is 4.74 Å². The molecule has 0 bridgehead atoms. The molecule has 23 heavy (non-hydrogen) atoms. The van der Waals surface area contributed by atoms with Gasteiger partial charge in [-0.05, 0) is 39.0 Å². The Kier molecular flexibility index (Phi) is 10.7. The lowest BCUT2D eigenvalue weighted by atomic mass is 9.88. The molecule has 2 N–H and O–H groups in total. The normalized spacial score (nSPS) is 24.7. The number of nitrogens with one attached hydrogen (secondary N) is 2. The smallest absolute Gasteiger partial charge is 0.191 e. The fraction of sp³-hybridized carbons (Fsp3) is 0.941. The molecule has 1 fully saturated rings. The number of methoxy groups -OCH3 is 1. The Morgan fingerprint density at radius 1 is 1.30 bits per heavy atom. The molecule has 3 atom stereocenters. The second-order valence-electron chi connectivity index (χ2n) is 7.59. The molecule has 1 aliphatic rings. The molecule has 0 amide bonds. The van der Waals surface area contributed by atoms with Crippen LogP contribution in [0.5, 0.6) is 0 Å². The summed E-state index contributed by atoms with van der Waals surface area (Å²) >= 11 is 0. The molecule has 1 heterocycles. The van der Waals surface area contributed by atoms with E-state index in [0.29, 0.717) is 6.61 Å². The van der Waals surface area contributed by atoms with Crippen molar-refractivity contribution in [2.24, 2.45) is 16.8 Å². The van der Waals surface area contributed by atoms with Crippen molar-refractivity contribution in [3.63, 3.8) is 0 Å². The third kappa shape index (κ3) is 8.03. The second-order valence-corrected chi connectivity index (χ2v) is 7.59. The van der Waals surface area contributed by atoms with Crippen LogP contribution in [0, 0.1) is 11.8 Å². The molecule has 1 rings (SSSR count). The molecule has 1 aliphatic heterocycles. The molecule has 3 unspecified atom stereocenters. The first kappa shape index (κ1) is 22.9. The Hall–Kier alpha value is -0.0800. The number of guanidine groups is 1. The molecular formula is C17H37IN4O. The van der Waals surface area contributed by atoms with Crippen LogP contribution >= 0.6 is 24.0 Å². The molecule has 1 saturated heterocycles. The third-order valence-electron chi connectivity index (χ3n) is 4.44. The van der Waals surface area contributed by atoms with Crippen molar-refractivity contribution < 1.29 is 4.74 Å². The van der Waals surface area contributed by atoms with Crippen molar-refractivity contribution in [3.05, 3.63) is 0 Å². The minimum Gasteiger partial charge on any atom is -0.383 e. The Morgan fingerprint density at radius 3 is 2.35 bits per heavy atom. The van der Waals surface area contributed by atoms with Crippen LogP contribution in [0.1, 0.15) is 41.0 Å². The molecular weight excluding hydrogens is 403 g/mol. The summed E-state index contributed by atoms with van der Waals surface area (Å²) in [6, 6.07) is 0.245. The van der Waals surface area contributed by atoms with E-state index in [1.807, 2.05) is 7.05 Å². The Labute approximate surface area is 160 Å². The fourth-order valence-electron chi connectivity index (χ4n) is 3.29. The van der Waals surface area contributed by atoms with Crippen molar-refractivity contribution in [2.45, 2.75) is 52.6 Å². The van der Waals surface area contributed by atoms with Gasteiger partial charge in [-0.2, -0.15) is 0 Å². The first-order valence-electron chi connectivity index (χ1n) is 8.49. The number of nitrogens with zero attached hydrogens (tertiary/aromatic N) is 2. The van der Waals surface area contributed by atoms with Gasteiger partial charge >= 0.3 is 0 Å². The highest BCUT2D eigenvalue weighted by Crippen LogP contribution is 2.26. The lowest BCUT2D eigenvalue weighted by Crippen LogP contribution is -2.57. The van der Waals surface area contributed by atoms with Gasteiger partial charge in [-0.25, -0.2) is 0 Å². The quantitative estimate of drug-likeness (QED) is 0.379. The molecule has 0 aromatic carbocycles. The third-order valence-corrected chi connectivity index (χ3v) is 4.44. The topological polar surface area (TPSA) is 48.9 Å². The van der Waals surface area contributed by atoms with E-state index in [1.165, 1.54) is 19.5 Å². The molecule has 0 aliphatic carbocycles. The van der Waals surface area contributed by atoms with E-state index in [1.54, 1.807) is 7.11 Å². The highest BCUT2D eigenvalue weighted by Gasteiger charge is 2.32. The maximum atomic E-state index is 5.16. The summed E-state index contributed by atoms with van der Waals surface area (Å²) in [5.74, 6) is 2.40. The van der Waals surface area contributed by atoms with Crippen LogP contribution in [-0.4, -0.2) is 62.8 Å². The monoisotopic (exact) mass is 440 g/mol. The number of hydrogen-bond donors (Lipinski definition) is 2. The van der Waals surface area contributed by atoms with Crippen LogP contribution in [0.4, 0.5) is 0 Å². The largest absolute Gasteiger partial charge is 0.383 e. The number of ether oxygens (including phenoxy) is 1. The van der Waals surface area contributed by atoms with Gasteiger partial charge in [0.25, 0.3) is 0 Å². The Balaban J connectivity index is 0.00000484. The van der Waals surface area contributed by atoms with Gasteiger partial charge in [0, 0.05) is 45.4 Å². The molecule has 0 spiro atoms. The maximum absolute atomic E-state index is 5.16. The molecule has 5 nitrogen and oxygen atoms in total. The first-order valence-corrected chi connectivity index (χ1v) is 8.49. The van der Waals surface area contributed by atoms with Gasteiger partial charge in [-0.1, -0.05) is 13.8 Å². The van der Waals surface area contributed by atoms with E-state index >= 15 is 0 Å². The van der Waals surface area contributed by atoms with Gasteiger partial charge in [0.15, 0.2) is 5.96 Å². The van der Waals surface area contributed by atoms with Gasteiger partial charge in [0.1, 0.15) is 0 Å². The van der Waals surface area contributed by atoms with Crippen molar-refractivity contribution in [1.29, 1.82) is 0 Å². The number of likely N-dealkylation sites (tertiary alicyclic amines) is 1. The molecule has 0 saturated carbocycles. The van der Waals surface area contributed by atoms with Crippen molar-refractivity contribution in [2.75, 3.05) is 40.4 Å². The van der Waals surface area contributed by atoms with Crippen molar-refractivity contribution in [1.82, 2.24) is 15.5 Å². The van der Waals surface area contributed by atoms with Gasteiger partial charge in [-0.3, -0.25) is 9.89 Å². The lowest BCUT2D eigenvalue weighted by molar-refractivity contribution is 0.0483. The summed E-state index contributed by atoms with van der Waals surface area (Å²) in [5.41, 5.74) is 0.116. The zero-order chi connectivity index (χ0) is 16.8. The van der Waals surface area contributed by atoms with E-state index in [4.69, 9.17) is 4.74 Å². The number of hydrogen-bond acceptors (Lipinski definition) is 3. The molecule has 0 aromatic rings. The van der Waals surface area contributed by atoms with E-state index in [2.05, 4.69) is 55.1 Å². The summed E-state index contributed by atoms with van der Waals surface area (Å²) in [4.78, 5) is 6.92. The zero-order valence-corrected chi connectivity index (χ0v) is 18.3. The first-order chi connectivity index (χ1) is 10.3. The van der Waals surface area contributed by atoms with Crippen LogP contribution < -0.4 is 10.6 Å². The van der Waals surface area contributed by atoms with E-state index in [-0.39, 0.29) is 35.6 Å². The summed E-state index contributed by atoms with van der Waals surface area (Å²) in [6.07, 6.45) is 1.35. The molecule has 6 heteroatoms. The predicted octanol–water partition coefficient (Wildman–Crippen LogP) is 2.56. The van der Waals surface area contributed by atoms with Crippen molar-refractivity contribution in [3.8, 4) is 0 Å². The van der Waals surface area contributed by atoms with E-state index in [9.17, 15) is 0 Å². The average Bonchev–Trinajstić information content (AvgIpc) is 2.42. The van der Waals surface area contributed by atoms with Crippen LogP contribution in [0.15, 0.2) is 4.99 Å². The van der Waals surface area contributed by atoms with Gasteiger partial charge in [-0.15, -0.1) is 24.0 Å². The van der Waals surface area contributed by atoms with Crippen LogP contribution in [0.2, 0.25) is 0 Å². The summed E-state index contributed by atoms with van der Waals surface area (Å²) in [6.45, 7) is 15.4. The predicted molar refractivity (Wildman–Crippen MR) is 110 cm³/mol. The highest BCUT2D eigenvalue weighted by molar-refractivity contribution is 14.0. The van der Waals surface area contributed by atoms with E-state index in [0.717, 1.165) is 24.3 Å². The van der Waals surface area contributed by atoms with Gasteiger partial charge < -0.3 is 15.4 Å². The van der Waals surface area contributed by atoms with E-state index < -0.39 is 0 Å². The molecule has 0 aromatic heterocycles. The van der Waals surface area contributed by atoms with Crippen molar-refractivity contribution >= 4 is 29.9 Å². The maximum Gasteiger partial charge on any atom is 0.191 e. The van der Waals surface area contributed by atoms with Gasteiger partial charge in [0.2, 0.25) is 0 Å². The summed E-state index contributed by atoms with van der Waals surface area (Å²) in [7, 11) is 3.53. The summed E-state index contributed by atoms with van der Waals surface area (Å²) < 4.78 is 5.16. The number of piperidine rings is 1. The molecule has 138 valence electrons. The SMILES string of the molecule is CN=C(NCC(C)(C)N1CC(C)CC(C)C1)NC(C)COC.I. The summed E-state index contributed by atoms with van der Waals surface area (Å²) in [5, 5.41) is 6.82. The second kappa shape index (κ2) is 10.7. The number of halogens is 1. The fourth-order valence-corrected chi connectivity index (χ4v) is 3.29. The molecule has 0 radical (unpaired) electrons. The van der Waals surface area contributed by atoms with Crippen LogP contribution in [0.3, 0.4) is 0 Å². The van der Waals surface area contributed by atoms with Crippen LogP contribution in [0.25, 0.3) is 0 Å². The Morgan fingerprint density at radius 2 is 1.87 bits per heavy atom. The minimum absolute atomic E-state index is 0. The number of rotatable bonds is 6. The highest BCUT2D eigenvalue weighted by atomic mass is 127. The Bertz CT molecular complexity index is 353. The minimum atomic E-state index is 0. The zero-order valence-electron chi connectivity index (χ0n) is 16.0.